The molecule has 4 rings (SSSR count). The number of guanidine groups is 2. The van der Waals surface area contributed by atoms with Crippen LogP contribution in [0.1, 0.15) is 30.9 Å². The van der Waals surface area contributed by atoms with E-state index in [1.54, 1.807) is 0 Å². The Morgan fingerprint density at radius 1 is 1.11 bits per heavy atom. The molecule has 146 valence electrons. The molecule has 3 N–H and O–H groups in total. The summed E-state index contributed by atoms with van der Waals surface area (Å²) in [5.74, 6) is 1.19. The number of hydrogen-bond donors (Lipinski definition) is 2. The fourth-order valence-corrected chi connectivity index (χ4v) is 3.73. The summed E-state index contributed by atoms with van der Waals surface area (Å²) in [4.78, 5) is 13.7. The minimum atomic E-state index is -0.345. The van der Waals surface area contributed by atoms with E-state index in [1.165, 1.54) is 24.0 Å². The zero-order chi connectivity index (χ0) is 19.5. The van der Waals surface area contributed by atoms with Gasteiger partial charge in [-0.1, -0.05) is 31.2 Å². The highest BCUT2D eigenvalue weighted by molar-refractivity contribution is 6.06. The van der Waals surface area contributed by atoms with Gasteiger partial charge >= 0.3 is 0 Å². The van der Waals surface area contributed by atoms with Gasteiger partial charge in [0.05, 0.1) is 0 Å². The molecule has 2 aromatic carbocycles. The van der Waals surface area contributed by atoms with Crippen LogP contribution in [0.3, 0.4) is 0 Å². The highest BCUT2D eigenvalue weighted by Crippen LogP contribution is 2.26. The van der Waals surface area contributed by atoms with Crippen LogP contribution in [0.25, 0.3) is 0 Å². The zero-order valence-electron chi connectivity index (χ0n) is 16.6. The number of nitrogens with zero attached hydrogens (tertiary/aromatic N) is 4. The maximum Gasteiger partial charge on any atom is 0.222 e. The van der Waals surface area contributed by atoms with Gasteiger partial charge in [-0.05, 0) is 61.6 Å². The van der Waals surface area contributed by atoms with E-state index in [1.807, 2.05) is 0 Å². The normalized spacial score (nSPS) is 19.4. The van der Waals surface area contributed by atoms with E-state index in [0.717, 1.165) is 36.8 Å². The molecule has 6 heteroatoms. The molecule has 0 amide bonds. The Hall–Kier alpha value is -3.02. The smallest absolute Gasteiger partial charge is 0.222 e. The Kier molecular flexibility index (Phi) is 5.19. The molecule has 0 aromatic heterocycles. The van der Waals surface area contributed by atoms with Crippen LogP contribution in [0.15, 0.2) is 58.5 Å². The van der Waals surface area contributed by atoms with Crippen molar-refractivity contribution < 1.29 is 0 Å². The summed E-state index contributed by atoms with van der Waals surface area (Å²) in [6.45, 7) is 6.25. The molecule has 0 radical (unpaired) electrons. The lowest BCUT2D eigenvalue weighted by Gasteiger charge is -2.38. The number of rotatable bonds is 4. The number of benzene rings is 2. The largest absolute Gasteiger partial charge is 0.368 e. The zero-order valence-corrected chi connectivity index (χ0v) is 16.6. The highest BCUT2D eigenvalue weighted by Gasteiger charge is 2.32. The predicted octanol–water partition coefficient (Wildman–Crippen LogP) is 3.54. The van der Waals surface area contributed by atoms with Crippen molar-refractivity contribution in [3.05, 3.63) is 59.7 Å². The van der Waals surface area contributed by atoms with Crippen LogP contribution < -0.4 is 16.0 Å². The Balaban J connectivity index is 1.70. The Labute approximate surface area is 166 Å². The van der Waals surface area contributed by atoms with Gasteiger partial charge in [0.25, 0.3) is 0 Å². The van der Waals surface area contributed by atoms with Crippen LogP contribution >= 0.6 is 0 Å². The number of aliphatic imine (C=N–C) groups is 2. The summed E-state index contributed by atoms with van der Waals surface area (Å²) in [5, 5.41) is 3.53. The van der Waals surface area contributed by atoms with Gasteiger partial charge in [-0.15, -0.1) is 0 Å². The lowest BCUT2D eigenvalue weighted by molar-refractivity contribution is 0.497. The quantitative estimate of drug-likeness (QED) is 0.856. The summed E-state index contributed by atoms with van der Waals surface area (Å²) < 4.78 is 0. The molecule has 2 aromatic rings. The van der Waals surface area contributed by atoms with Crippen LogP contribution in [-0.2, 0) is 6.42 Å². The Morgan fingerprint density at radius 3 is 2.54 bits per heavy atom. The SMILES string of the molecule is CCc1ccc(NC2N=C(N)N=C(N3CCCC3)N2c2cccc(C)c2)cc1. The second-order valence-corrected chi connectivity index (χ2v) is 7.37. The number of likely N-dealkylation sites (tertiary alicyclic amines) is 1. The summed E-state index contributed by atoms with van der Waals surface area (Å²) >= 11 is 0. The third-order valence-corrected chi connectivity index (χ3v) is 5.26. The Morgan fingerprint density at radius 2 is 1.86 bits per heavy atom. The number of aryl methyl sites for hydroxylation is 2. The van der Waals surface area contributed by atoms with Crippen LogP contribution in [0.4, 0.5) is 11.4 Å². The average Bonchev–Trinajstić information content (AvgIpc) is 3.23. The number of nitrogens with two attached hydrogens (primary N) is 1. The van der Waals surface area contributed by atoms with Crippen LogP contribution in [-0.4, -0.2) is 36.2 Å². The van der Waals surface area contributed by atoms with Crippen molar-refractivity contribution in [3.63, 3.8) is 0 Å². The maximum atomic E-state index is 6.12. The first kappa shape index (κ1) is 18.3. The number of anilines is 2. The number of nitrogens with one attached hydrogen (secondary N) is 1. The second kappa shape index (κ2) is 7.92. The van der Waals surface area contributed by atoms with Crippen LogP contribution in [0, 0.1) is 6.92 Å². The fourth-order valence-electron chi connectivity index (χ4n) is 3.73. The molecule has 2 aliphatic heterocycles. The average molecular weight is 377 g/mol. The van der Waals surface area contributed by atoms with Crippen LogP contribution in [0.5, 0.6) is 0 Å². The van der Waals surface area contributed by atoms with Crippen molar-refractivity contribution in [3.8, 4) is 0 Å². The molecule has 28 heavy (non-hydrogen) atoms. The summed E-state index contributed by atoms with van der Waals surface area (Å²) in [5.41, 5.74) is 10.7. The molecular weight excluding hydrogens is 348 g/mol. The molecular formula is C22H28N6. The summed E-state index contributed by atoms with van der Waals surface area (Å²) in [6, 6.07) is 16.9. The first-order valence-electron chi connectivity index (χ1n) is 10.0. The fraction of sp³-hybridized carbons (Fsp3) is 0.364. The van der Waals surface area contributed by atoms with E-state index in [2.05, 4.69) is 87.5 Å². The monoisotopic (exact) mass is 376 g/mol. The molecule has 6 nitrogen and oxygen atoms in total. The maximum absolute atomic E-state index is 6.12. The van der Waals surface area contributed by atoms with E-state index in [9.17, 15) is 0 Å². The van der Waals surface area contributed by atoms with Gasteiger partial charge in [-0.2, -0.15) is 4.99 Å². The van der Waals surface area contributed by atoms with E-state index in [0.29, 0.717) is 5.96 Å². The highest BCUT2D eigenvalue weighted by atomic mass is 15.5. The van der Waals surface area contributed by atoms with E-state index < -0.39 is 0 Å². The molecule has 0 bridgehead atoms. The van der Waals surface area contributed by atoms with Gasteiger partial charge in [0, 0.05) is 24.5 Å². The van der Waals surface area contributed by atoms with Crippen molar-refractivity contribution >= 4 is 23.3 Å². The summed E-state index contributed by atoms with van der Waals surface area (Å²) in [6.07, 6.45) is 3.03. The van der Waals surface area contributed by atoms with Gasteiger partial charge in [-0.3, -0.25) is 4.90 Å². The van der Waals surface area contributed by atoms with E-state index in [4.69, 9.17) is 5.73 Å². The van der Waals surface area contributed by atoms with Crippen molar-refractivity contribution in [2.75, 3.05) is 23.3 Å². The first-order chi connectivity index (χ1) is 13.6. The third-order valence-electron chi connectivity index (χ3n) is 5.26. The van der Waals surface area contributed by atoms with Gasteiger partial charge in [0.15, 0.2) is 0 Å². The minimum Gasteiger partial charge on any atom is -0.368 e. The standard InChI is InChI=1S/C22H28N6/c1-3-17-9-11-18(12-10-17)24-21-25-20(23)26-22(27-13-4-5-14-27)28(21)19-8-6-7-16(2)15-19/h6-12,15,21,24H,3-5,13-14H2,1-2H3,(H2,23,25). The van der Waals surface area contributed by atoms with Crippen molar-refractivity contribution in [2.24, 2.45) is 15.7 Å². The van der Waals surface area contributed by atoms with Gasteiger partial charge in [0.2, 0.25) is 18.2 Å². The second-order valence-electron chi connectivity index (χ2n) is 7.37. The summed E-state index contributed by atoms with van der Waals surface area (Å²) in [7, 11) is 0. The molecule has 0 aliphatic carbocycles. The van der Waals surface area contributed by atoms with Crippen molar-refractivity contribution in [1.29, 1.82) is 0 Å². The lowest BCUT2D eigenvalue weighted by atomic mass is 10.1. The predicted molar refractivity (Wildman–Crippen MR) is 117 cm³/mol. The Bertz CT molecular complexity index is 880. The third kappa shape index (κ3) is 3.81. The first-order valence-corrected chi connectivity index (χ1v) is 10.0. The molecule has 2 aliphatic rings. The van der Waals surface area contributed by atoms with Gasteiger partial charge < -0.3 is 16.0 Å². The minimum absolute atomic E-state index is 0.313. The topological polar surface area (TPSA) is 69.2 Å². The molecule has 1 fully saturated rings. The molecule has 0 saturated carbocycles. The molecule has 2 heterocycles. The van der Waals surface area contributed by atoms with Crippen molar-refractivity contribution in [2.45, 2.75) is 39.4 Å². The molecule has 1 saturated heterocycles. The van der Waals surface area contributed by atoms with Crippen LogP contribution in [0.2, 0.25) is 0 Å². The van der Waals surface area contributed by atoms with Gasteiger partial charge in [-0.25, -0.2) is 4.99 Å². The molecule has 0 spiro atoms. The van der Waals surface area contributed by atoms with Gasteiger partial charge in [0.1, 0.15) is 0 Å². The van der Waals surface area contributed by atoms with E-state index in [-0.39, 0.29) is 6.29 Å². The lowest BCUT2D eigenvalue weighted by Crippen LogP contribution is -2.54. The number of hydrogen-bond acceptors (Lipinski definition) is 6. The molecule has 1 unspecified atom stereocenters. The molecule has 1 atom stereocenters. The van der Waals surface area contributed by atoms with E-state index >= 15 is 0 Å². The van der Waals surface area contributed by atoms with Crippen molar-refractivity contribution in [1.82, 2.24) is 4.90 Å².